The van der Waals surface area contributed by atoms with Gasteiger partial charge in [-0.3, -0.25) is 0 Å². The van der Waals surface area contributed by atoms with E-state index in [-0.39, 0.29) is 0 Å². The van der Waals surface area contributed by atoms with Gasteiger partial charge in [0.05, 0.1) is 5.54 Å². The van der Waals surface area contributed by atoms with E-state index in [0.717, 1.165) is 43.4 Å². The molecule has 0 saturated heterocycles. The van der Waals surface area contributed by atoms with Crippen molar-refractivity contribution < 1.29 is 8.94 Å². The number of furan rings is 1. The summed E-state index contributed by atoms with van der Waals surface area (Å²) < 4.78 is 11.0. The van der Waals surface area contributed by atoms with Gasteiger partial charge < -0.3 is 14.7 Å². The number of aryl methyl sites for hydroxylation is 2. The SMILES string of the molecule is CCc1oc(-c2nc(C3(N)CCCC3)no2)cc1C. The molecule has 5 nitrogen and oxygen atoms in total. The molecular formula is C14H19N3O2. The van der Waals surface area contributed by atoms with E-state index in [2.05, 4.69) is 17.1 Å². The van der Waals surface area contributed by atoms with Crippen LogP contribution in [0.2, 0.25) is 0 Å². The zero-order chi connectivity index (χ0) is 13.5. The van der Waals surface area contributed by atoms with Crippen LogP contribution in [0.5, 0.6) is 0 Å². The first-order valence-electron chi connectivity index (χ1n) is 6.85. The fraction of sp³-hybridized carbons (Fsp3) is 0.571. The molecule has 0 radical (unpaired) electrons. The first-order chi connectivity index (χ1) is 9.12. The number of nitrogens with zero attached hydrogens (tertiary/aromatic N) is 2. The van der Waals surface area contributed by atoms with E-state index in [1.165, 1.54) is 0 Å². The first-order valence-corrected chi connectivity index (χ1v) is 6.85. The summed E-state index contributed by atoms with van der Waals surface area (Å²) in [6.07, 6.45) is 4.95. The van der Waals surface area contributed by atoms with Crippen LogP contribution >= 0.6 is 0 Å². The fourth-order valence-corrected chi connectivity index (χ4v) is 2.73. The molecule has 1 fully saturated rings. The van der Waals surface area contributed by atoms with Crippen LogP contribution in [0.15, 0.2) is 15.0 Å². The van der Waals surface area contributed by atoms with Crippen molar-refractivity contribution in [2.45, 2.75) is 51.5 Å². The van der Waals surface area contributed by atoms with Crippen LogP contribution in [0, 0.1) is 6.92 Å². The molecule has 0 spiro atoms. The van der Waals surface area contributed by atoms with Crippen molar-refractivity contribution >= 4 is 0 Å². The van der Waals surface area contributed by atoms with Crippen LogP contribution in [0.25, 0.3) is 11.7 Å². The number of hydrogen-bond donors (Lipinski definition) is 1. The molecule has 1 aliphatic rings. The summed E-state index contributed by atoms with van der Waals surface area (Å²) in [7, 11) is 0. The van der Waals surface area contributed by atoms with E-state index in [4.69, 9.17) is 14.7 Å². The van der Waals surface area contributed by atoms with Gasteiger partial charge in [0.2, 0.25) is 0 Å². The van der Waals surface area contributed by atoms with Gasteiger partial charge in [-0.1, -0.05) is 24.9 Å². The molecule has 2 aromatic heterocycles. The summed E-state index contributed by atoms with van der Waals surface area (Å²) in [6.45, 7) is 4.08. The van der Waals surface area contributed by atoms with E-state index in [0.29, 0.717) is 17.5 Å². The predicted octanol–water partition coefficient (Wildman–Crippen LogP) is 2.93. The monoisotopic (exact) mass is 261 g/mol. The molecule has 102 valence electrons. The van der Waals surface area contributed by atoms with Crippen molar-refractivity contribution in [1.29, 1.82) is 0 Å². The Kier molecular flexibility index (Phi) is 2.93. The third-order valence-corrected chi connectivity index (χ3v) is 3.92. The van der Waals surface area contributed by atoms with Gasteiger partial charge in [0.25, 0.3) is 5.89 Å². The minimum atomic E-state index is -0.420. The second kappa shape index (κ2) is 4.49. The molecule has 1 saturated carbocycles. The van der Waals surface area contributed by atoms with E-state index in [1.54, 1.807) is 0 Å². The first kappa shape index (κ1) is 12.4. The molecule has 0 bridgehead atoms. The highest BCUT2D eigenvalue weighted by Gasteiger charge is 2.36. The van der Waals surface area contributed by atoms with Gasteiger partial charge in [-0.25, -0.2) is 0 Å². The van der Waals surface area contributed by atoms with Gasteiger partial charge in [-0.05, 0) is 31.4 Å². The molecule has 3 rings (SSSR count). The Balaban J connectivity index is 1.92. The average Bonchev–Trinajstić information content (AvgIpc) is 3.07. The van der Waals surface area contributed by atoms with Crippen LogP contribution in [-0.4, -0.2) is 10.1 Å². The highest BCUT2D eigenvalue weighted by atomic mass is 16.5. The lowest BCUT2D eigenvalue weighted by atomic mass is 9.99. The van der Waals surface area contributed by atoms with Crippen molar-refractivity contribution in [3.05, 3.63) is 23.2 Å². The molecule has 19 heavy (non-hydrogen) atoms. The number of hydrogen-bond acceptors (Lipinski definition) is 5. The lowest BCUT2D eigenvalue weighted by Crippen LogP contribution is -2.34. The van der Waals surface area contributed by atoms with Crippen LogP contribution < -0.4 is 5.73 Å². The van der Waals surface area contributed by atoms with Gasteiger partial charge in [0.1, 0.15) is 5.76 Å². The summed E-state index contributed by atoms with van der Waals surface area (Å²) in [6, 6.07) is 1.94. The minimum Gasteiger partial charge on any atom is -0.456 e. The quantitative estimate of drug-likeness (QED) is 0.919. The summed E-state index contributed by atoms with van der Waals surface area (Å²) in [5.74, 6) is 2.62. The van der Waals surface area contributed by atoms with Crippen LogP contribution in [-0.2, 0) is 12.0 Å². The summed E-state index contributed by atoms with van der Waals surface area (Å²) in [5.41, 5.74) is 7.01. The Bertz CT molecular complexity index is 579. The van der Waals surface area contributed by atoms with Gasteiger partial charge in [0.15, 0.2) is 11.6 Å². The standard InChI is InChI=1S/C14H19N3O2/c1-3-10-9(2)8-11(18-10)12-16-13(17-19-12)14(15)6-4-5-7-14/h8H,3-7,15H2,1-2H3. The van der Waals surface area contributed by atoms with Gasteiger partial charge >= 0.3 is 0 Å². The average molecular weight is 261 g/mol. The van der Waals surface area contributed by atoms with Gasteiger partial charge in [0, 0.05) is 6.42 Å². The van der Waals surface area contributed by atoms with Crippen LogP contribution in [0.3, 0.4) is 0 Å². The maximum absolute atomic E-state index is 6.32. The van der Waals surface area contributed by atoms with Crippen LogP contribution in [0.4, 0.5) is 0 Å². The predicted molar refractivity (Wildman–Crippen MR) is 70.4 cm³/mol. The van der Waals surface area contributed by atoms with Gasteiger partial charge in [-0.2, -0.15) is 4.98 Å². The summed E-state index contributed by atoms with van der Waals surface area (Å²) in [4.78, 5) is 4.43. The molecular weight excluding hydrogens is 242 g/mol. The molecule has 0 aliphatic heterocycles. The fourth-order valence-electron chi connectivity index (χ4n) is 2.73. The van der Waals surface area contributed by atoms with Crippen molar-refractivity contribution in [1.82, 2.24) is 10.1 Å². The zero-order valence-corrected chi connectivity index (χ0v) is 11.4. The van der Waals surface area contributed by atoms with Crippen molar-refractivity contribution in [3.63, 3.8) is 0 Å². The lowest BCUT2D eigenvalue weighted by molar-refractivity contribution is 0.367. The Morgan fingerprint density at radius 2 is 2.11 bits per heavy atom. The molecule has 5 heteroatoms. The largest absolute Gasteiger partial charge is 0.456 e. The van der Waals surface area contributed by atoms with E-state index in [1.807, 2.05) is 13.0 Å². The Labute approximate surface area is 112 Å². The Morgan fingerprint density at radius 1 is 1.37 bits per heavy atom. The maximum atomic E-state index is 6.32. The molecule has 0 amide bonds. The third kappa shape index (κ3) is 2.08. The number of aromatic nitrogens is 2. The normalized spacial score (nSPS) is 18.1. The zero-order valence-electron chi connectivity index (χ0n) is 11.4. The molecule has 0 atom stereocenters. The van der Waals surface area contributed by atoms with Gasteiger partial charge in [-0.15, -0.1) is 0 Å². The molecule has 2 aromatic rings. The molecule has 1 aliphatic carbocycles. The van der Waals surface area contributed by atoms with E-state index < -0.39 is 5.54 Å². The second-order valence-electron chi connectivity index (χ2n) is 5.36. The topological polar surface area (TPSA) is 78.1 Å². The smallest absolute Gasteiger partial charge is 0.293 e. The summed E-state index contributed by atoms with van der Waals surface area (Å²) >= 11 is 0. The van der Waals surface area contributed by atoms with E-state index >= 15 is 0 Å². The number of nitrogens with two attached hydrogens (primary N) is 1. The van der Waals surface area contributed by atoms with E-state index in [9.17, 15) is 0 Å². The number of rotatable bonds is 3. The molecule has 2 N–H and O–H groups in total. The van der Waals surface area contributed by atoms with Crippen molar-refractivity contribution in [2.24, 2.45) is 5.73 Å². The Hall–Kier alpha value is -1.62. The molecule has 2 heterocycles. The maximum Gasteiger partial charge on any atom is 0.293 e. The highest BCUT2D eigenvalue weighted by molar-refractivity contribution is 5.47. The highest BCUT2D eigenvalue weighted by Crippen LogP contribution is 2.35. The van der Waals surface area contributed by atoms with Crippen molar-refractivity contribution in [3.8, 4) is 11.7 Å². The molecule has 0 unspecified atom stereocenters. The summed E-state index contributed by atoms with van der Waals surface area (Å²) in [5, 5.41) is 4.04. The third-order valence-electron chi connectivity index (χ3n) is 3.92. The lowest BCUT2D eigenvalue weighted by Gasteiger charge is -2.17. The second-order valence-corrected chi connectivity index (χ2v) is 5.36. The Morgan fingerprint density at radius 3 is 2.74 bits per heavy atom. The van der Waals surface area contributed by atoms with Crippen LogP contribution in [0.1, 0.15) is 49.8 Å². The molecule has 0 aromatic carbocycles. The van der Waals surface area contributed by atoms with Crippen molar-refractivity contribution in [2.75, 3.05) is 0 Å². The minimum absolute atomic E-state index is 0.420.